The fraction of sp³-hybridized carbons (Fsp3) is 0.667. The molecule has 0 unspecified atom stereocenters. The summed E-state index contributed by atoms with van der Waals surface area (Å²) in [5.41, 5.74) is 0.519. The highest BCUT2D eigenvalue weighted by Gasteiger charge is 2.30. The molecule has 224 valence electrons. The summed E-state index contributed by atoms with van der Waals surface area (Å²) in [6.45, 7) is 5.88. The van der Waals surface area contributed by atoms with Gasteiger partial charge in [0.05, 0.1) is 29.6 Å². The molecule has 0 heterocycles. The number of aliphatic hydroxyl groups is 1. The van der Waals surface area contributed by atoms with E-state index in [1.54, 1.807) is 20.8 Å². The molecule has 1 aromatic rings. The number of aliphatic carboxylic acids is 1. The van der Waals surface area contributed by atoms with Crippen molar-refractivity contribution in [2.45, 2.75) is 115 Å². The van der Waals surface area contributed by atoms with Gasteiger partial charge in [-0.2, -0.15) is 0 Å². The molecule has 0 aromatic heterocycles. The van der Waals surface area contributed by atoms with Gasteiger partial charge in [0.1, 0.15) is 5.60 Å². The summed E-state index contributed by atoms with van der Waals surface area (Å²) in [6.07, 6.45) is 5.63. The number of carbonyl (C=O) groups is 3. The first-order valence-corrected chi connectivity index (χ1v) is 14.8. The quantitative estimate of drug-likeness (QED) is 0.152. The molecule has 1 aliphatic carbocycles. The van der Waals surface area contributed by atoms with Gasteiger partial charge < -0.3 is 30.9 Å². The molecule has 5 N–H and O–H groups in total. The van der Waals surface area contributed by atoms with Gasteiger partial charge in [-0.05, 0) is 57.9 Å². The molecule has 2 rings (SSSR count). The first-order chi connectivity index (χ1) is 18.9. The predicted molar refractivity (Wildman–Crippen MR) is 159 cm³/mol. The third-order valence-electron chi connectivity index (χ3n) is 6.96. The number of carboxylic acids is 1. The number of hydrogen-bond donors (Lipinski definition) is 5. The van der Waals surface area contributed by atoms with E-state index in [0.29, 0.717) is 23.9 Å². The lowest BCUT2D eigenvalue weighted by molar-refractivity contribution is -0.137. The summed E-state index contributed by atoms with van der Waals surface area (Å²) >= 11 is 5.50. The molecule has 0 radical (unpaired) electrons. The van der Waals surface area contributed by atoms with Gasteiger partial charge in [-0.15, -0.1) is 0 Å². The number of amides is 2. The first kappa shape index (κ1) is 33.5. The van der Waals surface area contributed by atoms with E-state index in [2.05, 4.69) is 28.1 Å². The molecule has 0 spiro atoms. The summed E-state index contributed by atoms with van der Waals surface area (Å²) in [6, 6.07) is 8.72. The summed E-state index contributed by atoms with van der Waals surface area (Å²) in [7, 11) is 0. The van der Waals surface area contributed by atoms with E-state index in [1.165, 1.54) is 12.0 Å². The molecule has 9 nitrogen and oxygen atoms in total. The number of thiocarbonyl (C=S) groups is 1. The average molecular weight is 578 g/mol. The van der Waals surface area contributed by atoms with E-state index in [4.69, 9.17) is 17.0 Å². The van der Waals surface area contributed by atoms with Crippen molar-refractivity contribution in [3.8, 4) is 0 Å². The van der Waals surface area contributed by atoms with Crippen molar-refractivity contribution in [2.75, 3.05) is 6.54 Å². The number of ether oxygens (including phenoxy) is 1. The first-order valence-electron chi connectivity index (χ1n) is 14.4. The van der Waals surface area contributed by atoms with E-state index in [-0.39, 0.29) is 19.3 Å². The highest BCUT2D eigenvalue weighted by atomic mass is 32.1. The molecule has 2 amide bonds. The standard InChI is InChI=1S/C30H47N3O6S/c1-30(2,3)39-29(38)33-24(19-22-13-8-5-9-14-22)25(34)20-26(35)32-23(16-17-27(36)37)28(40)31-18-10-15-21-11-6-4-7-12-21/h4,6-7,11-12,22-25,34H,5,8-10,13-20H2,1-3H3,(H,31,40)(H,32,35)(H,33,38)(H,36,37)/t23-,24-,25-/m0/s1. The Labute approximate surface area is 243 Å². The number of benzene rings is 1. The zero-order valence-electron chi connectivity index (χ0n) is 24.1. The fourth-order valence-corrected chi connectivity index (χ4v) is 5.23. The Hall–Kier alpha value is -2.72. The zero-order valence-corrected chi connectivity index (χ0v) is 24.9. The SMILES string of the molecule is CC(C)(C)OC(=O)N[C@@H](CC1CCCCC1)[C@@H](O)CC(=O)N[C@@H](CCC(=O)O)C(=S)NCCCc1ccccc1. The minimum absolute atomic E-state index is 0.128. The van der Waals surface area contributed by atoms with Crippen molar-refractivity contribution < 1.29 is 29.3 Å². The summed E-state index contributed by atoms with van der Waals surface area (Å²) in [4.78, 5) is 37.1. The maximum atomic E-state index is 13.0. The zero-order chi connectivity index (χ0) is 29.5. The van der Waals surface area contributed by atoms with E-state index in [1.807, 2.05) is 18.2 Å². The highest BCUT2D eigenvalue weighted by Crippen LogP contribution is 2.28. The van der Waals surface area contributed by atoms with Crippen LogP contribution in [0.15, 0.2) is 30.3 Å². The van der Waals surface area contributed by atoms with Gasteiger partial charge in [0.15, 0.2) is 0 Å². The van der Waals surface area contributed by atoms with E-state index >= 15 is 0 Å². The topological polar surface area (TPSA) is 137 Å². The number of alkyl carbamates (subject to hydrolysis) is 1. The lowest BCUT2D eigenvalue weighted by Gasteiger charge is -2.31. The van der Waals surface area contributed by atoms with Gasteiger partial charge in [-0.25, -0.2) is 4.79 Å². The van der Waals surface area contributed by atoms with Gasteiger partial charge in [-0.3, -0.25) is 9.59 Å². The van der Waals surface area contributed by atoms with Crippen molar-refractivity contribution in [3.63, 3.8) is 0 Å². The Morgan fingerprint density at radius 2 is 1.75 bits per heavy atom. The van der Waals surface area contributed by atoms with Crippen LogP contribution < -0.4 is 16.0 Å². The lowest BCUT2D eigenvalue weighted by Crippen LogP contribution is -2.50. The van der Waals surface area contributed by atoms with Gasteiger partial charge in [0.2, 0.25) is 5.91 Å². The third-order valence-corrected chi connectivity index (χ3v) is 7.38. The van der Waals surface area contributed by atoms with Gasteiger partial charge in [0, 0.05) is 13.0 Å². The summed E-state index contributed by atoms with van der Waals surface area (Å²) < 4.78 is 5.40. The van der Waals surface area contributed by atoms with E-state index in [0.717, 1.165) is 38.5 Å². The van der Waals surface area contributed by atoms with Crippen LogP contribution in [0.2, 0.25) is 0 Å². The van der Waals surface area contributed by atoms with Gasteiger partial charge in [0.25, 0.3) is 0 Å². The molecular weight excluding hydrogens is 530 g/mol. The van der Waals surface area contributed by atoms with Crippen LogP contribution in [0.4, 0.5) is 4.79 Å². The van der Waals surface area contributed by atoms with E-state index in [9.17, 15) is 24.6 Å². The van der Waals surface area contributed by atoms with Crippen LogP contribution in [0.5, 0.6) is 0 Å². The van der Waals surface area contributed by atoms with Crippen LogP contribution in [0.1, 0.15) is 90.5 Å². The number of nitrogens with one attached hydrogen (secondary N) is 3. The minimum Gasteiger partial charge on any atom is -0.481 e. The van der Waals surface area contributed by atoms with Crippen LogP contribution in [-0.4, -0.2) is 63.5 Å². The summed E-state index contributed by atoms with van der Waals surface area (Å²) in [5, 5.41) is 29.0. The van der Waals surface area contributed by atoms with E-state index < -0.39 is 41.8 Å². The molecular formula is C30H47N3O6S. The van der Waals surface area contributed by atoms with Crippen molar-refractivity contribution in [3.05, 3.63) is 35.9 Å². The third kappa shape index (κ3) is 14.1. The van der Waals surface area contributed by atoms with Crippen molar-refractivity contribution in [1.29, 1.82) is 0 Å². The minimum atomic E-state index is -1.14. The maximum absolute atomic E-state index is 13.0. The second kappa shape index (κ2) is 17.2. The van der Waals surface area contributed by atoms with Gasteiger partial charge >= 0.3 is 12.1 Å². The number of aryl methyl sites for hydroxylation is 1. The normalized spacial score (nSPS) is 16.3. The summed E-state index contributed by atoms with van der Waals surface area (Å²) in [5.74, 6) is -1.10. The highest BCUT2D eigenvalue weighted by molar-refractivity contribution is 7.80. The van der Waals surface area contributed by atoms with Crippen LogP contribution >= 0.6 is 12.2 Å². The molecule has 1 aromatic carbocycles. The molecule has 3 atom stereocenters. The Bertz CT molecular complexity index is 947. The molecule has 10 heteroatoms. The molecule has 40 heavy (non-hydrogen) atoms. The Morgan fingerprint density at radius 1 is 1.07 bits per heavy atom. The van der Waals surface area contributed by atoms with Crippen molar-refractivity contribution in [1.82, 2.24) is 16.0 Å². The largest absolute Gasteiger partial charge is 0.481 e. The Balaban J connectivity index is 1.96. The van der Waals surface area contributed by atoms with Gasteiger partial charge in [-0.1, -0.05) is 74.7 Å². The average Bonchev–Trinajstić information content (AvgIpc) is 2.88. The molecule has 1 saturated carbocycles. The Morgan fingerprint density at radius 3 is 2.38 bits per heavy atom. The molecule has 0 bridgehead atoms. The predicted octanol–water partition coefficient (Wildman–Crippen LogP) is 4.50. The Kier molecular flexibility index (Phi) is 14.4. The van der Waals surface area contributed by atoms with Crippen LogP contribution in [0.25, 0.3) is 0 Å². The number of carboxylic acid groups (broad SMARTS) is 1. The molecule has 1 fully saturated rings. The van der Waals surface area contributed by atoms with Crippen LogP contribution in [-0.2, 0) is 20.7 Å². The molecule has 1 aliphatic rings. The number of aliphatic hydroxyl groups excluding tert-OH is 1. The maximum Gasteiger partial charge on any atom is 0.407 e. The van der Waals surface area contributed by atoms with Crippen LogP contribution in [0, 0.1) is 5.92 Å². The number of hydrogen-bond acceptors (Lipinski definition) is 6. The van der Waals surface area contributed by atoms with Crippen molar-refractivity contribution in [2.24, 2.45) is 5.92 Å². The lowest BCUT2D eigenvalue weighted by atomic mass is 9.83. The van der Waals surface area contributed by atoms with Crippen LogP contribution in [0.3, 0.4) is 0 Å². The monoisotopic (exact) mass is 577 g/mol. The van der Waals surface area contributed by atoms with Crippen molar-refractivity contribution >= 4 is 35.2 Å². The number of carbonyl (C=O) groups excluding carboxylic acids is 2. The second-order valence-electron chi connectivity index (χ2n) is 11.7. The number of rotatable bonds is 15. The fourth-order valence-electron chi connectivity index (χ4n) is 4.95. The molecule has 0 saturated heterocycles. The molecule has 0 aliphatic heterocycles. The smallest absolute Gasteiger partial charge is 0.407 e. The second-order valence-corrected chi connectivity index (χ2v) is 12.1.